The normalized spacial score (nSPS) is 11.4. The summed E-state index contributed by atoms with van der Waals surface area (Å²) in [5, 5.41) is 40.0. The second kappa shape index (κ2) is 20.6. The number of nitrogens with zero attached hydrogens (tertiary/aromatic N) is 4. The minimum atomic E-state index is -0.678. The van der Waals surface area contributed by atoms with Gasteiger partial charge in [-0.05, 0) is 46.5 Å². The van der Waals surface area contributed by atoms with E-state index in [1.807, 2.05) is 0 Å². The molecule has 12 heteroatoms. The van der Waals surface area contributed by atoms with Crippen molar-refractivity contribution in [2.24, 2.45) is 0 Å². The molecular formula is C54H40N4O8. The summed E-state index contributed by atoms with van der Waals surface area (Å²) in [4.78, 5) is 54.1. The van der Waals surface area contributed by atoms with E-state index in [2.05, 4.69) is 24.3 Å². The van der Waals surface area contributed by atoms with Crippen molar-refractivity contribution < 1.29 is 38.1 Å². The zero-order chi connectivity index (χ0) is 46.7. The SMILES string of the molecule is CC(=O)Oc1c2cc(CC#N)cc1Cc1cc(CC#N)cc(c1OC(=O)c1ccccc1)Cc1cc(CC#N)cc(c1OC(C)=O)Cc1cc(CC#N)cc(c1OC(=O)c1ccccc1)C2. The van der Waals surface area contributed by atoms with Crippen molar-refractivity contribution in [1.29, 1.82) is 21.0 Å². The molecule has 0 N–H and O–H groups in total. The lowest BCUT2D eigenvalue weighted by Gasteiger charge is -2.23. The lowest BCUT2D eigenvalue weighted by molar-refractivity contribution is -0.132. The van der Waals surface area contributed by atoms with Gasteiger partial charge in [-0.3, -0.25) is 9.59 Å². The summed E-state index contributed by atoms with van der Waals surface area (Å²) in [5.74, 6) is -2.06. The highest BCUT2D eigenvalue weighted by Crippen LogP contribution is 2.41. The van der Waals surface area contributed by atoms with E-state index in [-0.39, 0.29) is 85.5 Å². The van der Waals surface area contributed by atoms with Gasteiger partial charge in [0, 0.05) is 84.0 Å². The lowest BCUT2D eigenvalue weighted by atomic mass is 9.87. The Kier molecular flexibility index (Phi) is 14.1. The first-order valence-corrected chi connectivity index (χ1v) is 20.9. The quantitative estimate of drug-likeness (QED) is 0.0935. The second-order valence-corrected chi connectivity index (χ2v) is 15.7. The number of esters is 4. The van der Waals surface area contributed by atoms with E-state index in [1.54, 1.807) is 109 Å². The topological polar surface area (TPSA) is 200 Å². The van der Waals surface area contributed by atoms with E-state index >= 15 is 0 Å². The molecule has 1 aliphatic rings. The van der Waals surface area contributed by atoms with Crippen LogP contribution in [0.2, 0.25) is 0 Å². The van der Waals surface area contributed by atoms with E-state index in [0.29, 0.717) is 66.8 Å². The molecule has 0 aliphatic heterocycles. The number of benzene rings is 6. The van der Waals surface area contributed by atoms with E-state index in [0.717, 1.165) is 0 Å². The molecular weight excluding hydrogens is 833 g/mol. The Morgan fingerprint density at radius 3 is 0.833 bits per heavy atom. The van der Waals surface area contributed by atoms with Crippen LogP contribution in [0.4, 0.5) is 0 Å². The van der Waals surface area contributed by atoms with Crippen LogP contribution in [0, 0.1) is 45.3 Å². The summed E-state index contributed by atoms with van der Waals surface area (Å²) < 4.78 is 24.7. The Hall–Kier alpha value is -8.84. The Balaban J connectivity index is 1.60. The van der Waals surface area contributed by atoms with Crippen molar-refractivity contribution in [3.05, 3.63) is 187 Å². The molecule has 8 bridgehead atoms. The van der Waals surface area contributed by atoms with Crippen LogP contribution in [-0.4, -0.2) is 23.9 Å². The number of ether oxygens (including phenoxy) is 4. The number of fused-ring (bicyclic) bond motifs is 8. The molecule has 1 aliphatic carbocycles. The van der Waals surface area contributed by atoms with Gasteiger partial charge in [0.2, 0.25) is 0 Å². The highest BCUT2D eigenvalue weighted by molar-refractivity contribution is 5.92. The van der Waals surface area contributed by atoms with Crippen LogP contribution in [-0.2, 0) is 61.0 Å². The van der Waals surface area contributed by atoms with Gasteiger partial charge in [-0.25, -0.2) is 9.59 Å². The van der Waals surface area contributed by atoms with E-state index in [4.69, 9.17) is 18.9 Å². The van der Waals surface area contributed by atoms with Crippen molar-refractivity contribution in [3.8, 4) is 47.3 Å². The Labute approximate surface area is 381 Å². The molecule has 6 aromatic carbocycles. The number of hydrogen-bond donors (Lipinski definition) is 0. The molecule has 0 fully saturated rings. The maximum Gasteiger partial charge on any atom is 0.343 e. The number of carbonyl (C=O) groups is 4. The van der Waals surface area contributed by atoms with E-state index in [1.165, 1.54) is 13.8 Å². The zero-order valence-corrected chi connectivity index (χ0v) is 36.1. The third-order valence-electron chi connectivity index (χ3n) is 10.8. The highest BCUT2D eigenvalue weighted by Gasteiger charge is 2.27. The molecule has 324 valence electrons. The van der Waals surface area contributed by atoms with Crippen molar-refractivity contribution in [3.63, 3.8) is 0 Å². The molecule has 12 nitrogen and oxygen atoms in total. The van der Waals surface area contributed by atoms with Crippen molar-refractivity contribution in [1.82, 2.24) is 0 Å². The maximum absolute atomic E-state index is 14.0. The molecule has 0 atom stereocenters. The first-order valence-electron chi connectivity index (χ1n) is 20.9. The average molecular weight is 873 g/mol. The third kappa shape index (κ3) is 10.7. The molecule has 0 amide bonds. The van der Waals surface area contributed by atoms with Gasteiger partial charge in [0.1, 0.15) is 23.0 Å². The largest absolute Gasteiger partial charge is 0.426 e. The molecule has 0 saturated heterocycles. The fourth-order valence-electron chi connectivity index (χ4n) is 8.21. The molecule has 0 heterocycles. The van der Waals surface area contributed by atoms with Gasteiger partial charge in [-0.15, -0.1) is 0 Å². The lowest BCUT2D eigenvalue weighted by Crippen LogP contribution is -2.15. The van der Waals surface area contributed by atoms with Crippen LogP contribution < -0.4 is 18.9 Å². The molecule has 0 aromatic heterocycles. The van der Waals surface area contributed by atoms with Crippen LogP contribution in [0.25, 0.3) is 0 Å². The fraction of sp³-hybridized carbons (Fsp3) is 0.185. The molecule has 0 spiro atoms. The molecule has 7 rings (SSSR count). The summed E-state index contributed by atoms with van der Waals surface area (Å²) in [5.41, 5.74) is 6.27. The third-order valence-corrected chi connectivity index (χ3v) is 10.8. The Morgan fingerprint density at radius 2 is 0.621 bits per heavy atom. The number of hydrogen-bond acceptors (Lipinski definition) is 12. The van der Waals surface area contributed by atoms with Crippen molar-refractivity contribution in [2.45, 2.75) is 65.2 Å². The second-order valence-electron chi connectivity index (χ2n) is 15.7. The molecule has 6 aromatic rings. The van der Waals surface area contributed by atoms with Gasteiger partial charge in [-0.2, -0.15) is 21.0 Å². The summed E-state index contributed by atoms with van der Waals surface area (Å²) in [6.45, 7) is 2.52. The summed E-state index contributed by atoms with van der Waals surface area (Å²) >= 11 is 0. The first-order chi connectivity index (χ1) is 32.0. The summed E-state index contributed by atoms with van der Waals surface area (Å²) in [7, 11) is 0. The zero-order valence-electron chi connectivity index (χ0n) is 36.1. The number of nitriles is 4. The van der Waals surface area contributed by atoms with Gasteiger partial charge >= 0.3 is 23.9 Å². The average Bonchev–Trinajstić information content (AvgIpc) is 3.28. The van der Waals surface area contributed by atoms with Gasteiger partial charge in [0.15, 0.2) is 0 Å². The van der Waals surface area contributed by atoms with Gasteiger partial charge in [-0.1, -0.05) is 84.9 Å². The van der Waals surface area contributed by atoms with Crippen molar-refractivity contribution in [2.75, 3.05) is 0 Å². The Bertz CT molecular complexity index is 2770. The fourth-order valence-corrected chi connectivity index (χ4v) is 8.21. The van der Waals surface area contributed by atoms with E-state index in [9.17, 15) is 40.2 Å². The summed E-state index contributed by atoms with van der Waals surface area (Å²) in [6, 6.07) is 39.5. The van der Waals surface area contributed by atoms with Gasteiger partial charge < -0.3 is 18.9 Å². The highest BCUT2D eigenvalue weighted by atomic mass is 16.5. The molecule has 0 saturated carbocycles. The first kappa shape index (κ1) is 45.2. The van der Waals surface area contributed by atoms with Gasteiger partial charge in [0.05, 0.1) is 61.1 Å². The smallest absolute Gasteiger partial charge is 0.343 e. The Morgan fingerprint density at radius 1 is 0.394 bits per heavy atom. The standard InChI is InChI=1S/C54H40N4O8/c1-33(59)63-49-41-21-35(13-17-55)22-42(49)30-46-26-38(16-20-58)28-48(52(46)66-54(62)40-11-7-4-8-12-40)32-44-24-36(14-18-56)23-43(50(44)64-34(2)60)31-47-27-37(15-19-57)25-45(29-41)51(47)65-53(61)39-9-5-3-6-10-39/h3-12,21-28H,13-16,29-32H2,1-2H3. The van der Waals surface area contributed by atoms with E-state index < -0.39 is 23.9 Å². The predicted molar refractivity (Wildman–Crippen MR) is 240 cm³/mol. The minimum absolute atomic E-state index is 0.0371. The number of carbonyl (C=O) groups excluding carboxylic acids is 4. The van der Waals surface area contributed by atoms with Crippen LogP contribution in [0.3, 0.4) is 0 Å². The monoisotopic (exact) mass is 872 g/mol. The van der Waals surface area contributed by atoms with Crippen LogP contribution in [0.1, 0.15) is 101 Å². The molecule has 66 heavy (non-hydrogen) atoms. The summed E-state index contributed by atoms with van der Waals surface area (Å²) in [6.07, 6.45) is -0.299. The molecule has 0 unspecified atom stereocenters. The van der Waals surface area contributed by atoms with Crippen LogP contribution in [0.5, 0.6) is 23.0 Å². The molecule has 0 radical (unpaired) electrons. The van der Waals surface area contributed by atoms with Crippen LogP contribution >= 0.6 is 0 Å². The number of rotatable bonds is 10. The van der Waals surface area contributed by atoms with Gasteiger partial charge in [0.25, 0.3) is 0 Å². The predicted octanol–water partition coefficient (Wildman–Crippen LogP) is 8.92. The van der Waals surface area contributed by atoms with Crippen molar-refractivity contribution >= 4 is 23.9 Å². The maximum atomic E-state index is 14.0. The van der Waals surface area contributed by atoms with Crippen LogP contribution in [0.15, 0.2) is 109 Å². The minimum Gasteiger partial charge on any atom is -0.426 e.